The quantitative estimate of drug-likeness (QED) is 0.819. The average Bonchev–Trinajstić information content (AvgIpc) is 3.07. The summed E-state index contributed by atoms with van der Waals surface area (Å²) in [6, 6.07) is -0.0622. The number of rotatable bonds is 4. The van der Waals surface area contributed by atoms with Crippen molar-refractivity contribution in [1.29, 1.82) is 0 Å². The number of aromatic amines is 1. The molecule has 24 heavy (non-hydrogen) atoms. The van der Waals surface area contributed by atoms with Crippen LogP contribution in [0.15, 0.2) is 14.6 Å². The van der Waals surface area contributed by atoms with Crippen LogP contribution in [0.5, 0.6) is 5.88 Å². The Balaban J connectivity index is 1.93. The summed E-state index contributed by atoms with van der Waals surface area (Å²) in [5, 5.41) is 10.6. The first-order valence-corrected chi connectivity index (χ1v) is 8.78. The molecule has 1 atom stereocenters. The van der Waals surface area contributed by atoms with Crippen LogP contribution in [0.1, 0.15) is 63.5 Å². The van der Waals surface area contributed by atoms with Crippen molar-refractivity contribution in [3.8, 4) is 5.88 Å². The minimum Gasteiger partial charge on any atom is -0.494 e. The van der Waals surface area contributed by atoms with Gasteiger partial charge in [-0.2, -0.15) is 0 Å². The third-order valence-corrected chi connectivity index (χ3v) is 4.98. The van der Waals surface area contributed by atoms with E-state index in [2.05, 4.69) is 9.98 Å². The van der Waals surface area contributed by atoms with Gasteiger partial charge in [-0.1, -0.05) is 19.3 Å². The van der Waals surface area contributed by atoms with Gasteiger partial charge in [-0.15, -0.1) is 0 Å². The predicted octanol–water partition coefficient (Wildman–Crippen LogP) is 1.74. The largest absolute Gasteiger partial charge is 0.494 e. The Morgan fingerprint density at radius 2 is 2.00 bits per heavy atom. The first kappa shape index (κ1) is 17.0. The van der Waals surface area contributed by atoms with Gasteiger partial charge in [-0.05, 0) is 32.6 Å². The molecule has 0 spiro atoms. The van der Waals surface area contributed by atoms with Crippen LogP contribution >= 0.6 is 0 Å². The second kappa shape index (κ2) is 7.34. The van der Waals surface area contributed by atoms with E-state index in [4.69, 9.17) is 4.74 Å². The SMILES string of the molecule is CC(=NC[C@H]1CCCO1)c1c(O)n(C2CCCCC2)c(=O)[nH]c1=O. The number of H-pyrrole nitrogens is 1. The van der Waals surface area contributed by atoms with Crippen molar-refractivity contribution < 1.29 is 9.84 Å². The maximum atomic E-state index is 12.2. The summed E-state index contributed by atoms with van der Waals surface area (Å²) in [6.45, 7) is 2.90. The molecular formula is C17H25N3O4. The van der Waals surface area contributed by atoms with E-state index >= 15 is 0 Å². The van der Waals surface area contributed by atoms with Crippen molar-refractivity contribution in [3.05, 3.63) is 26.4 Å². The van der Waals surface area contributed by atoms with Crippen LogP contribution in [0.25, 0.3) is 0 Å². The van der Waals surface area contributed by atoms with Gasteiger partial charge in [-0.25, -0.2) is 4.79 Å². The Morgan fingerprint density at radius 3 is 2.67 bits per heavy atom. The molecule has 1 aromatic heterocycles. The lowest BCUT2D eigenvalue weighted by Crippen LogP contribution is -2.36. The number of nitrogens with zero attached hydrogens (tertiary/aromatic N) is 2. The molecule has 1 aliphatic carbocycles. The Labute approximate surface area is 140 Å². The molecule has 1 saturated heterocycles. The van der Waals surface area contributed by atoms with E-state index in [1.807, 2.05) is 0 Å². The Morgan fingerprint density at radius 1 is 1.25 bits per heavy atom. The Hall–Kier alpha value is -1.89. The van der Waals surface area contributed by atoms with Gasteiger partial charge in [-0.3, -0.25) is 19.3 Å². The fourth-order valence-electron chi connectivity index (χ4n) is 3.65. The number of hydrogen-bond donors (Lipinski definition) is 2. The first-order valence-electron chi connectivity index (χ1n) is 8.78. The van der Waals surface area contributed by atoms with Crippen LogP contribution in [0.3, 0.4) is 0 Å². The fraction of sp³-hybridized carbons (Fsp3) is 0.706. The molecule has 3 rings (SSSR count). The van der Waals surface area contributed by atoms with E-state index in [1.54, 1.807) is 6.92 Å². The summed E-state index contributed by atoms with van der Waals surface area (Å²) in [5.74, 6) is -0.260. The summed E-state index contributed by atoms with van der Waals surface area (Å²) in [6.07, 6.45) is 6.93. The van der Waals surface area contributed by atoms with Gasteiger partial charge in [0.2, 0.25) is 5.88 Å². The van der Waals surface area contributed by atoms with Crippen LogP contribution in [0, 0.1) is 0 Å². The number of nitrogens with one attached hydrogen (secondary N) is 1. The third-order valence-electron chi connectivity index (χ3n) is 4.98. The van der Waals surface area contributed by atoms with Crippen molar-refractivity contribution in [2.24, 2.45) is 4.99 Å². The predicted molar refractivity (Wildman–Crippen MR) is 91.2 cm³/mol. The molecule has 0 radical (unpaired) electrons. The molecule has 2 fully saturated rings. The van der Waals surface area contributed by atoms with Gasteiger partial charge in [0.25, 0.3) is 5.56 Å². The van der Waals surface area contributed by atoms with Crippen LogP contribution in [-0.4, -0.2) is 39.6 Å². The molecule has 1 saturated carbocycles. The number of hydrogen-bond acceptors (Lipinski definition) is 5. The average molecular weight is 335 g/mol. The number of aromatic nitrogens is 2. The molecule has 0 bridgehead atoms. The van der Waals surface area contributed by atoms with Gasteiger partial charge in [0.15, 0.2) is 0 Å². The van der Waals surface area contributed by atoms with E-state index in [9.17, 15) is 14.7 Å². The zero-order valence-electron chi connectivity index (χ0n) is 14.1. The minimum absolute atomic E-state index is 0.0622. The van der Waals surface area contributed by atoms with Crippen molar-refractivity contribution >= 4 is 5.71 Å². The molecule has 0 amide bonds. The topological polar surface area (TPSA) is 96.7 Å². The van der Waals surface area contributed by atoms with Gasteiger partial charge >= 0.3 is 5.69 Å². The lowest BCUT2D eigenvalue weighted by atomic mass is 9.95. The Bertz CT molecular complexity index is 722. The van der Waals surface area contributed by atoms with Crippen LogP contribution in [-0.2, 0) is 4.74 Å². The highest BCUT2D eigenvalue weighted by Gasteiger charge is 2.24. The van der Waals surface area contributed by atoms with Gasteiger partial charge < -0.3 is 9.84 Å². The van der Waals surface area contributed by atoms with E-state index in [0.29, 0.717) is 12.3 Å². The van der Waals surface area contributed by atoms with E-state index < -0.39 is 11.2 Å². The van der Waals surface area contributed by atoms with Gasteiger partial charge in [0.05, 0.1) is 12.6 Å². The normalized spacial score (nSPS) is 22.9. The molecular weight excluding hydrogens is 310 g/mol. The number of aliphatic imine (C=N–C) groups is 1. The fourth-order valence-corrected chi connectivity index (χ4v) is 3.65. The lowest BCUT2D eigenvalue weighted by Gasteiger charge is -2.25. The molecule has 7 heteroatoms. The maximum absolute atomic E-state index is 12.2. The highest BCUT2D eigenvalue weighted by atomic mass is 16.5. The summed E-state index contributed by atoms with van der Waals surface area (Å²) in [4.78, 5) is 31.1. The van der Waals surface area contributed by atoms with Crippen molar-refractivity contribution in [3.63, 3.8) is 0 Å². The number of aromatic hydroxyl groups is 1. The molecule has 7 nitrogen and oxygen atoms in total. The smallest absolute Gasteiger partial charge is 0.331 e. The second-order valence-corrected chi connectivity index (χ2v) is 6.68. The van der Waals surface area contributed by atoms with Crippen LogP contribution in [0.2, 0.25) is 0 Å². The monoisotopic (exact) mass is 335 g/mol. The van der Waals surface area contributed by atoms with Crippen LogP contribution in [0.4, 0.5) is 0 Å². The molecule has 2 aliphatic rings. The third kappa shape index (κ3) is 3.45. The molecule has 0 unspecified atom stereocenters. The molecule has 132 valence electrons. The molecule has 2 heterocycles. The van der Waals surface area contributed by atoms with E-state index in [0.717, 1.165) is 51.6 Å². The summed E-state index contributed by atoms with van der Waals surface area (Å²) in [7, 11) is 0. The Kier molecular flexibility index (Phi) is 5.18. The summed E-state index contributed by atoms with van der Waals surface area (Å²) < 4.78 is 6.86. The minimum atomic E-state index is -0.585. The van der Waals surface area contributed by atoms with Gasteiger partial charge in [0.1, 0.15) is 5.56 Å². The summed E-state index contributed by atoms with van der Waals surface area (Å²) in [5.41, 5.74) is -0.592. The standard InChI is InChI=1S/C17H25N3O4/c1-11(18-10-13-8-5-9-24-13)14-15(21)19-17(23)20(16(14)22)12-6-3-2-4-7-12/h12-13,22H,2-10H2,1H3,(H,19,21,23)/t13-/m1/s1. The van der Waals surface area contributed by atoms with Crippen LogP contribution < -0.4 is 11.2 Å². The molecule has 0 aromatic carbocycles. The highest BCUT2D eigenvalue weighted by Crippen LogP contribution is 2.30. The molecule has 1 aliphatic heterocycles. The molecule has 1 aromatic rings. The zero-order chi connectivity index (χ0) is 17.1. The van der Waals surface area contributed by atoms with Gasteiger partial charge in [0, 0.05) is 18.4 Å². The first-order chi connectivity index (χ1) is 11.6. The van der Waals surface area contributed by atoms with E-state index in [-0.39, 0.29) is 23.6 Å². The molecule has 2 N–H and O–H groups in total. The lowest BCUT2D eigenvalue weighted by molar-refractivity contribution is 0.118. The van der Waals surface area contributed by atoms with Crippen molar-refractivity contribution in [2.75, 3.05) is 13.2 Å². The summed E-state index contributed by atoms with van der Waals surface area (Å²) >= 11 is 0. The highest BCUT2D eigenvalue weighted by molar-refractivity contribution is 6.00. The van der Waals surface area contributed by atoms with Crippen molar-refractivity contribution in [1.82, 2.24) is 9.55 Å². The van der Waals surface area contributed by atoms with Crippen molar-refractivity contribution in [2.45, 2.75) is 64.0 Å². The zero-order valence-corrected chi connectivity index (χ0v) is 14.1. The second-order valence-electron chi connectivity index (χ2n) is 6.68. The number of ether oxygens (including phenoxy) is 1. The van der Waals surface area contributed by atoms with E-state index in [1.165, 1.54) is 4.57 Å². The maximum Gasteiger partial charge on any atom is 0.331 e.